The molecule has 1 aromatic rings. The van der Waals surface area contributed by atoms with Crippen LogP contribution in [0.3, 0.4) is 0 Å². The minimum absolute atomic E-state index is 0.0281. The van der Waals surface area contributed by atoms with Gasteiger partial charge in [0, 0.05) is 0 Å². The van der Waals surface area contributed by atoms with Crippen LogP contribution < -0.4 is 5.73 Å². The summed E-state index contributed by atoms with van der Waals surface area (Å²) in [5, 5.41) is 66.5. The minimum atomic E-state index is -3.02. The van der Waals surface area contributed by atoms with E-state index < -0.39 is 81.1 Å². The molecule has 0 heterocycles. The number of phenolic OH excluding ortho intramolecular Hbond substituents is 1. The van der Waals surface area contributed by atoms with Crippen LogP contribution in [0.5, 0.6) is 5.75 Å². The summed E-state index contributed by atoms with van der Waals surface area (Å²) in [6, 6.07) is 2.54. The molecule has 0 bridgehead atoms. The van der Waals surface area contributed by atoms with Crippen LogP contribution in [0.25, 0.3) is 0 Å². The third kappa shape index (κ3) is 2.61. The van der Waals surface area contributed by atoms with Gasteiger partial charge >= 0.3 is 0 Å². The SMILES string of the molecule is CN(C)C1C(O)=C(C(N)=O)C(=O)[C@@]2(O)C(O)=C3C(=O)c4c(O)cccc4[C@](C)(O)C3C(O)C12. The number of ketones is 2. The van der Waals surface area contributed by atoms with Gasteiger partial charge in [-0.3, -0.25) is 19.3 Å². The monoisotopic (exact) mass is 460 g/mol. The summed E-state index contributed by atoms with van der Waals surface area (Å²) in [5.41, 5.74) is -1.88. The van der Waals surface area contributed by atoms with Gasteiger partial charge in [-0.05, 0) is 32.6 Å². The Morgan fingerprint density at radius 3 is 2.27 bits per heavy atom. The van der Waals surface area contributed by atoms with Crippen LogP contribution in [-0.2, 0) is 15.2 Å². The number of aromatic hydroxyl groups is 1. The first-order valence-corrected chi connectivity index (χ1v) is 10.1. The van der Waals surface area contributed by atoms with E-state index >= 15 is 0 Å². The van der Waals surface area contributed by atoms with Gasteiger partial charge < -0.3 is 36.4 Å². The van der Waals surface area contributed by atoms with Crippen molar-refractivity contribution in [2.75, 3.05) is 14.1 Å². The third-order valence-electron chi connectivity index (χ3n) is 7.04. The maximum atomic E-state index is 13.3. The van der Waals surface area contributed by atoms with Crippen molar-refractivity contribution in [2.24, 2.45) is 17.6 Å². The average Bonchev–Trinajstić information content (AvgIpc) is 2.70. The smallest absolute Gasteiger partial charge is 0.255 e. The number of hydrogen-bond donors (Lipinski definition) is 7. The van der Waals surface area contributed by atoms with Gasteiger partial charge in [-0.15, -0.1) is 0 Å². The second-order valence-corrected chi connectivity index (χ2v) is 9.06. The lowest BCUT2D eigenvalue weighted by Crippen LogP contribution is -2.70. The van der Waals surface area contributed by atoms with Gasteiger partial charge in [0.05, 0.1) is 40.7 Å². The van der Waals surface area contributed by atoms with E-state index in [-0.39, 0.29) is 11.1 Å². The van der Waals surface area contributed by atoms with Crippen LogP contribution in [0.2, 0.25) is 0 Å². The Bertz CT molecular complexity index is 1180. The first-order chi connectivity index (χ1) is 15.2. The van der Waals surface area contributed by atoms with Crippen LogP contribution in [0.4, 0.5) is 0 Å². The number of fused-ring (bicyclic) bond motifs is 3. The molecule has 11 heteroatoms. The Balaban J connectivity index is 2.10. The van der Waals surface area contributed by atoms with Crippen LogP contribution in [0.1, 0.15) is 22.8 Å². The lowest BCUT2D eigenvalue weighted by atomic mass is 9.54. The summed E-state index contributed by atoms with van der Waals surface area (Å²) in [6.07, 6.45) is -1.87. The maximum Gasteiger partial charge on any atom is 0.255 e. The summed E-state index contributed by atoms with van der Waals surface area (Å²) in [5.74, 6) is -9.66. The highest BCUT2D eigenvalue weighted by atomic mass is 16.4. The molecular weight excluding hydrogens is 436 g/mol. The molecule has 33 heavy (non-hydrogen) atoms. The molecule has 11 nitrogen and oxygen atoms in total. The topological polar surface area (TPSA) is 202 Å². The molecule has 176 valence electrons. The average molecular weight is 460 g/mol. The largest absolute Gasteiger partial charge is 0.510 e. The predicted molar refractivity (Wildman–Crippen MR) is 111 cm³/mol. The van der Waals surface area contributed by atoms with Crippen LogP contribution in [-0.4, -0.2) is 84.9 Å². The van der Waals surface area contributed by atoms with E-state index in [9.17, 15) is 45.0 Å². The lowest BCUT2D eigenvalue weighted by molar-refractivity contribution is -0.173. The van der Waals surface area contributed by atoms with Gasteiger partial charge in [0.25, 0.3) is 5.91 Å². The number of aliphatic hydroxyl groups excluding tert-OH is 3. The van der Waals surface area contributed by atoms with Crippen molar-refractivity contribution in [2.45, 2.75) is 30.3 Å². The van der Waals surface area contributed by atoms with Gasteiger partial charge in [-0.25, -0.2) is 0 Å². The molecule has 1 amide bonds. The molecule has 4 unspecified atom stereocenters. The number of nitrogens with zero attached hydrogens (tertiary/aromatic N) is 1. The van der Waals surface area contributed by atoms with E-state index in [1.807, 2.05) is 0 Å². The number of rotatable bonds is 2. The minimum Gasteiger partial charge on any atom is -0.510 e. The van der Waals surface area contributed by atoms with Crippen molar-refractivity contribution in [3.63, 3.8) is 0 Å². The fourth-order valence-electron chi connectivity index (χ4n) is 5.60. The van der Waals surface area contributed by atoms with E-state index in [1.165, 1.54) is 44.1 Å². The van der Waals surface area contributed by atoms with Crippen LogP contribution in [0, 0.1) is 11.8 Å². The van der Waals surface area contributed by atoms with E-state index in [1.54, 1.807) is 0 Å². The van der Waals surface area contributed by atoms with Gasteiger partial charge in [-0.1, -0.05) is 12.1 Å². The van der Waals surface area contributed by atoms with Crippen molar-refractivity contribution in [1.82, 2.24) is 4.90 Å². The molecule has 3 aliphatic rings. The molecule has 0 saturated carbocycles. The van der Waals surface area contributed by atoms with E-state index in [0.717, 1.165) is 0 Å². The van der Waals surface area contributed by atoms with Crippen molar-refractivity contribution in [1.29, 1.82) is 0 Å². The molecule has 0 aliphatic heterocycles. The Morgan fingerprint density at radius 1 is 1.12 bits per heavy atom. The fourth-order valence-corrected chi connectivity index (χ4v) is 5.60. The first kappa shape index (κ1) is 22.9. The second-order valence-electron chi connectivity index (χ2n) is 9.06. The van der Waals surface area contributed by atoms with Gasteiger partial charge in [0.15, 0.2) is 11.4 Å². The number of carbonyl (C=O) groups is 3. The molecule has 1 aromatic carbocycles. The highest BCUT2D eigenvalue weighted by molar-refractivity contribution is 6.25. The zero-order valence-electron chi connectivity index (χ0n) is 18.0. The Labute approximate surface area is 187 Å². The zero-order chi connectivity index (χ0) is 24.8. The molecule has 0 aromatic heterocycles. The first-order valence-electron chi connectivity index (χ1n) is 10.1. The normalized spacial score (nSPS) is 36.0. The highest BCUT2D eigenvalue weighted by Gasteiger charge is 2.69. The Hall–Kier alpha value is -3.25. The zero-order valence-corrected chi connectivity index (χ0v) is 18.0. The molecule has 4 rings (SSSR count). The Morgan fingerprint density at radius 2 is 1.73 bits per heavy atom. The molecule has 0 radical (unpaired) electrons. The highest BCUT2D eigenvalue weighted by Crippen LogP contribution is 2.56. The van der Waals surface area contributed by atoms with Crippen LogP contribution in [0.15, 0.2) is 40.9 Å². The quantitative estimate of drug-likeness (QED) is 0.262. The van der Waals surface area contributed by atoms with Crippen molar-refractivity contribution in [3.8, 4) is 5.75 Å². The molecule has 6 atom stereocenters. The predicted octanol–water partition coefficient (Wildman–Crippen LogP) is -1.24. The van der Waals surface area contributed by atoms with Crippen molar-refractivity contribution in [3.05, 3.63) is 52.0 Å². The number of aliphatic hydroxyl groups is 5. The summed E-state index contributed by atoms with van der Waals surface area (Å²) in [7, 11) is 2.85. The van der Waals surface area contributed by atoms with Crippen LogP contribution >= 0.6 is 0 Å². The van der Waals surface area contributed by atoms with Gasteiger partial charge in [0.2, 0.25) is 5.78 Å². The third-order valence-corrected chi connectivity index (χ3v) is 7.04. The van der Waals surface area contributed by atoms with Crippen molar-refractivity contribution < 1.29 is 45.0 Å². The molecule has 8 N–H and O–H groups in total. The number of amides is 1. The van der Waals surface area contributed by atoms with Gasteiger partial charge in [0.1, 0.15) is 22.8 Å². The van der Waals surface area contributed by atoms with Crippen molar-refractivity contribution >= 4 is 17.5 Å². The molecule has 0 saturated heterocycles. The van der Waals surface area contributed by atoms with E-state index in [4.69, 9.17) is 5.73 Å². The summed E-state index contributed by atoms with van der Waals surface area (Å²) in [6.45, 7) is 1.25. The summed E-state index contributed by atoms with van der Waals surface area (Å²) < 4.78 is 0. The molecule has 0 spiro atoms. The van der Waals surface area contributed by atoms with Gasteiger partial charge in [-0.2, -0.15) is 0 Å². The number of likely N-dealkylation sites (N-methyl/N-ethyl adjacent to an activating group) is 1. The number of Topliss-reactive ketones (excluding diaryl/α,β-unsaturated/α-hetero) is 2. The number of carbonyl (C=O) groups excluding carboxylic acids is 3. The Kier molecular flexibility index (Phi) is 4.78. The standard InChI is InChI=1S/C22H24N2O9/c1-21(32)7-5-4-6-8(25)9(7)15(26)10-12(21)17(28)13-14(24(2)3)16(27)11(20(23)31)19(30)22(13,33)18(10)29/h4-6,12-14,17,25,27-29,32-33H,1-3H3,(H2,23,31)/t12?,13?,14?,17?,21-,22-/m0/s1. The number of hydrogen-bond acceptors (Lipinski definition) is 10. The van der Waals surface area contributed by atoms with E-state index in [2.05, 4.69) is 0 Å². The number of phenols is 1. The molecule has 3 aliphatic carbocycles. The number of benzene rings is 1. The second kappa shape index (κ2) is 6.87. The summed E-state index contributed by atoms with van der Waals surface area (Å²) in [4.78, 5) is 39.8. The number of nitrogens with two attached hydrogens (primary N) is 1. The molecular formula is C22H24N2O9. The summed E-state index contributed by atoms with van der Waals surface area (Å²) >= 11 is 0. The fraction of sp³-hybridized carbons (Fsp3) is 0.409. The van der Waals surface area contributed by atoms with E-state index in [0.29, 0.717) is 0 Å². The molecule has 0 fully saturated rings. The maximum absolute atomic E-state index is 13.3. The number of primary amides is 1. The lowest BCUT2D eigenvalue weighted by Gasteiger charge is -2.55.